The van der Waals surface area contributed by atoms with Gasteiger partial charge in [-0.3, -0.25) is 9.80 Å². The van der Waals surface area contributed by atoms with Crippen molar-refractivity contribution in [2.45, 2.75) is 31.3 Å². The molecule has 2 saturated heterocycles. The zero-order valence-electron chi connectivity index (χ0n) is 11.8. The number of nitrogens with one attached hydrogen (secondary N) is 1. The Morgan fingerprint density at radius 1 is 0.778 bits per heavy atom. The van der Waals surface area contributed by atoms with Crippen LogP contribution in [0.2, 0.25) is 0 Å². The summed E-state index contributed by atoms with van der Waals surface area (Å²) in [5, 5.41) is 3.48. The first-order valence-corrected chi connectivity index (χ1v) is 7.72. The van der Waals surface area contributed by atoms with Crippen molar-refractivity contribution in [3.05, 3.63) is 0 Å². The van der Waals surface area contributed by atoms with Gasteiger partial charge in [-0.15, -0.1) is 0 Å². The summed E-state index contributed by atoms with van der Waals surface area (Å²) in [4.78, 5) is 8.00. The molecule has 0 spiro atoms. The average molecular weight is 252 g/mol. The van der Waals surface area contributed by atoms with Crippen molar-refractivity contribution in [2.75, 3.05) is 59.4 Å². The van der Waals surface area contributed by atoms with Crippen molar-refractivity contribution in [3.8, 4) is 0 Å². The predicted molar refractivity (Wildman–Crippen MR) is 74.9 cm³/mol. The molecule has 0 bridgehead atoms. The normalized spacial score (nSPS) is 37.2. The predicted octanol–water partition coefficient (Wildman–Crippen LogP) is 0.0601. The van der Waals surface area contributed by atoms with Gasteiger partial charge in [-0.2, -0.15) is 0 Å². The molecular weight excluding hydrogens is 224 g/mol. The van der Waals surface area contributed by atoms with Crippen LogP contribution >= 0.6 is 0 Å². The molecule has 104 valence electrons. The maximum atomic E-state index is 3.48. The van der Waals surface area contributed by atoms with E-state index >= 15 is 0 Å². The van der Waals surface area contributed by atoms with E-state index in [-0.39, 0.29) is 0 Å². The molecule has 3 aliphatic rings. The van der Waals surface area contributed by atoms with E-state index in [1.807, 2.05) is 0 Å². The second kappa shape index (κ2) is 5.87. The molecule has 0 aromatic rings. The molecule has 4 nitrogen and oxygen atoms in total. The average Bonchev–Trinajstić information content (AvgIpc) is 2.90. The van der Waals surface area contributed by atoms with Crippen LogP contribution in [0.3, 0.4) is 0 Å². The Morgan fingerprint density at radius 2 is 1.33 bits per heavy atom. The van der Waals surface area contributed by atoms with E-state index in [4.69, 9.17) is 0 Å². The molecule has 0 aromatic carbocycles. The molecule has 1 saturated carbocycles. The second-order valence-electron chi connectivity index (χ2n) is 6.19. The van der Waals surface area contributed by atoms with Gasteiger partial charge in [0.1, 0.15) is 0 Å². The zero-order chi connectivity index (χ0) is 12.4. The Kier molecular flexibility index (Phi) is 4.19. The highest BCUT2D eigenvalue weighted by Gasteiger charge is 2.36. The quantitative estimate of drug-likeness (QED) is 0.750. The van der Waals surface area contributed by atoms with Crippen LogP contribution in [0.5, 0.6) is 0 Å². The highest BCUT2D eigenvalue weighted by molar-refractivity contribution is 4.94. The molecular formula is C14H28N4. The molecule has 2 atom stereocenters. The maximum absolute atomic E-state index is 3.48. The molecule has 0 radical (unpaired) electrons. The minimum absolute atomic E-state index is 0.843. The third kappa shape index (κ3) is 2.72. The van der Waals surface area contributed by atoms with Crippen molar-refractivity contribution in [1.82, 2.24) is 20.0 Å². The Labute approximate surface area is 111 Å². The SMILES string of the molecule is CN1CCN([C@@H]2CCC[C@H]2N2CCNCC2)CC1. The number of rotatable bonds is 2. The number of hydrogen-bond donors (Lipinski definition) is 1. The summed E-state index contributed by atoms with van der Waals surface area (Å²) in [6.07, 6.45) is 4.29. The smallest absolute Gasteiger partial charge is 0.0252 e. The molecule has 0 unspecified atom stereocenters. The number of nitrogens with zero attached hydrogens (tertiary/aromatic N) is 3. The van der Waals surface area contributed by atoms with Gasteiger partial charge in [-0.1, -0.05) is 6.42 Å². The van der Waals surface area contributed by atoms with Crippen LogP contribution in [0.1, 0.15) is 19.3 Å². The van der Waals surface area contributed by atoms with Gasteiger partial charge in [0, 0.05) is 64.4 Å². The van der Waals surface area contributed by atoms with Gasteiger partial charge in [0.2, 0.25) is 0 Å². The molecule has 2 aliphatic heterocycles. The monoisotopic (exact) mass is 252 g/mol. The van der Waals surface area contributed by atoms with Gasteiger partial charge in [-0.25, -0.2) is 0 Å². The highest BCUT2D eigenvalue weighted by Crippen LogP contribution is 2.29. The van der Waals surface area contributed by atoms with Gasteiger partial charge in [-0.05, 0) is 19.9 Å². The molecule has 18 heavy (non-hydrogen) atoms. The van der Waals surface area contributed by atoms with E-state index in [1.165, 1.54) is 71.6 Å². The Hall–Kier alpha value is -0.160. The van der Waals surface area contributed by atoms with Crippen LogP contribution in [-0.2, 0) is 0 Å². The first-order valence-electron chi connectivity index (χ1n) is 7.72. The van der Waals surface area contributed by atoms with E-state index in [0.29, 0.717) is 0 Å². The lowest BCUT2D eigenvalue weighted by molar-refractivity contribution is 0.0556. The number of hydrogen-bond acceptors (Lipinski definition) is 4. The van der Waals surface area contributed by atoms with Crippen molar-refractivity contribution in [2.24, 2.45) is 0 Å². The van der Waals surface area contributed by atoms with Gasteiger partial charge >= 0.3 is 0 Å². The summed E-state index contributed by atoms with van der Waals surface area (Å²) < 4.78 is 0. The maximum Gasteiger partial charge on any atom is 0.0252 e. The fraction of sp³-hybridized carbons (Fsp3) is 1.00. The third-order valence-electron chi connectivity index (χ3n) is 5.07. The van der Waals surface area contributed by atoms with Crippen LogP contribution in [0.4, 0.5) is 0 Å². The topological polar surface area (TPSA) is 21.8 Å². The van der Waals surface area contributed by atoms with Crippen LogP contribution < -0.4 is 5.32 Å². The third-order valence-corrected chi connectivity index (χ3v) is 5.07. The van der Waals surface area contributed by atoms with Gasteiger partial charge in [0.05, 0.1) is 0 Å². The van der Waals surface area contributed by atoms with E-state index in [2.05, 4.69) is 27.1 Å². The van der Waals surface area contributed by atoms with Crippen molar-refractivity contribution in [3.63, 3.8) is 0 Å². The van der Waals surface area contributed by atoms with Crippen LogP contribution in [0.25, 0.3) is 0 Å². The lowest BCUT2D eigenvalue weighted by Gasteiger charge is -2.43. The summed E-state index contributed by atoms with van der Waals surface area (Å²) in [6.45, 7) is 9.96. The molecule has 0 amide bonds. The molecule has 1 N–H and O–H groups in total. The molecule has 1 aliphatic carbocycles. The molecule has 4 heteroatoms. The van der Waals surface area contributed by atoms with Crippen LogP contribution in [-0.4, -0.2) is 86.2 Å². The standard InChI is InChI=1S/C14H28N4/c1-16-9-11-18(12-10-16)14-4-2-3-13(14)17-7-5-15-6-8-17/h13-15H,2-12H2,1H3/t13-,14-/m1/s1. The minimum atomic E-state index is 0.843. The van der Waals surface area contributed by atoms with E-state index < -0.39 is 0 Å². The summed E-state index contributed by atoms with van der Waals surface area (Å²) in [5.74, 6) is 0. The van der Waals surface area contributed by atoms with Gasteiger partial charge < -0.3 is 10.2 Å². The van der Waals surface area contributed by atoms with Crippen LogP contribution in [0.15, 0.2) is 0 Å². The zero-order valence-corrected chi connectivity index (χ0v) is 11.8. The van der Waals surface area contributed by atoms with Crippen LogP contribution in [0, 0.1) is 0 Å². The Bertz CT molecular complexity index is 257. The number of piperazine rings is 2. The lowest BCUT2D eigenvalue weighted by Crippen LogP contribution is -2.57. The number of likely N-dealkylation sites (N-methyl/N-ethyl adjacent to an activating group) is 1. The Balaban J connectivity index is 1.59. The first-order chi connectivity index (χ1) is 8.84. The largest absolute Gasteiger partial charge is 0.314 e. The summed E-state index contributed by atoms with van der Waals surface area (Å²) in [5.41, 5.74) is 0. The summed E-state index contributed by atoms with van der Waals surface area (Å²) in [7, 11) is 2.25. The molecule has 0 aromatic heterocycles. The van der Waals surface area contributed by atoms with Gasteiger partial charge in [0.15, 0.2) is 0 Å². The molecule has 3 fully saturated rings. The summed E-state index contributed by atoms with van der Waals surface area (Å²) >= 11 is 0. The van der Waals surface area contributed by atoms with E-state index in [1.54, 1.807) is 0 Å². The fourth-order valence-electron chi connectivity index (χ4n) is 3.94. The Morgan fingerprint density at radius 3 is 1.94 bits per heavy atom. The second-order valence-corrected chi connectivity index (χ2v) is 6.19. The minimum Gasteiger partial charge on any atom is -0.314 e. The van der Waals surface area contributed by atoms with Crippen molar-refractivity contribution < 1.29 is 0 Å². The molecule has 3 rings (SSSR count). The fourth-order valence-corrected chi connectivity index (χ4v) is 3.94. The lowest BCUT2D eigenvalue weighted by atomic mass is 10.1. The van der Waals surface area contributed by atoms with E-state index in [9.17, 15) is 0 Å². The highest BCUT2D eigenvalue weighted by atomic mass is 15.3. The van der Waals surface area contributed by atoms with Gasteiger partial charge in [0.25, 0.3) is 0 Å². The van der Waals surface area contributed by atoms with Crippen molar-refractivity contribution >= 4 is 0 Å². The van der Waals surface area contributed by atoms with Crippen molar-refractivity contribution in [1.29, 1.82) is 0 Å². The molecule has 2 heterocycles. The first kappa shape index (κ1) is 12.9. The summed E-state index contributed by atoms with van der Waals surface area (Å²) in [6, 6.07) is 1.69. The van der Waals surface area contributed by atoms with E-state index in [0.717, 1.165) is 12.1 Å².